The lowest BCUT2D eigenvalue weighted by molar-refractivity contribution is -0.117. The molecule has 1 atom stereocenters. The van der Waals surface area contributed by atoms with Gasteiger partial charge in [-0.1, -0.05) is 32.0 Å². The molecule has 1 aromatic heterocycles. The molecule has 7 heteroatoms. The fourth-order valence-corrected chi connectivity index (χ4v) is 4.20. The maximum atomic E-state index is 12.8. The first-order chi connectivity index (χ1) is 17.9. The van der Waals surface area contributed by atoms with Crippen molar-refractivity contribution >= 4 is 12.0 Å². The van der Waals surface area contributed by atoms with Crippen LogP contribution in [0.5, 0.6) is 5.75 Å². The number of aryl methyl sites for hydroxylation is 1. The van der Waals surface area contributed by atoms with E-state index >= 15 is 0 Å². The first kappa shape index (κ1) is 26.2. The van der Waals surface area contributed by atoms with Crippen LogP contribution in [0, 0.1) is 24.2 Å². The second-order valence-electron chi connectivity index (χ2n) is 9.74. The first-order valence-corrected chi connectivity index (χ1v) is 12.8. The number of carbonyl (C=O) groups excluding carboxylic acids is 1. The van der Waals surface area contributed by atoms with Gasteiger partial charge in [-0.15, -0.1) is 0 Å². The molecule has 0 bridgehead atoms. The summed E-state index contributed by atoms with van der Waals surface area (Å²) in [5, 5.41) is 17.5. The van der Waals surface area contributed by atoms with E-state index in [1.807, 2.05) is 61.7 Å². The van der Waals surface area contributed by atoms with Gasteiger partial charge in [0.2, 0.25) is 0 Å². The number of aromatic nitrogens is 2. The Morgan fingerprint density at radius 3 is 2.78 bits per heavy atom. The molecule has 0 spiro atoms. The Hall–Kier alpha value is -3.89. The van der Waals surface area contributed by atoms with Crippen LogP contribution in [0.25, 0.3) is 23.0 Å². The number of rotatable bonds is 10. The number of nitrogens with zero attached hydrogens (tertiary/aromatic N) is 3. The minimum atomic E-state index is -0.415. The van der Waals surface area contributed by atoms with Gasteiger partial charge in [0.15, 0.2) is 0 Å². The standard InChI is InChI=1S/C30H34N4O3/c1-21(2)13-15-37-28-12-11-23(16-22(28)3)29-25(20-34(33-29)26-8-5-4-6-9-26)17-24(18-31)30(35)32-19-27-10-7-14-36-27/h4-6,8-9,11-12,16-17,20-21,27H,7,10,13-15,19H2,1-3H3,(H,32,35)/b24-17+/t27-/m0/s1. The zero-order valence-electron chi connectivity index (χ0n) is 21.7. The average molecular weight is 499 g/mol. The summed E-state index contributed by atoms with van der Waals surface area (Å²) in [5.41, 5.74) is 4.15. The van der Waals surface area contributed by atoms with Gasteiger partial charge in [0, 0.05) is 30.5 Å². The van der Waals surface area contributed by atoms with Crippen molar-refractivity contribution in [2.45, 2.75) is 46.1 Å². The van der Waals surface area contributed by atoms with Crippen molar-refractivity contribution in [2.75, 3.05) is 19.8 Å². The predicted molar refractivity (Wildman–Crippen MR) is 144 cm³/mol. The van der Waals surface area contributed by atoms with Crippen LogP contribution in [0.3, 0.4) is 0 Å². The van der Waals surface area contributed by atoms with Gasteiger partial charge in [0.05, 0.1) is 18.4 Å². The summed E-state index contributed by atoms with van der Waals surface area (Å²) in [6.45, 7) is 8.14. The number of hydrogen-bond donors (Lipinski definition) is 1. The number of para-hydroxylation sites is 1. The molecule has 1 N–H and O–H groups in total. The van der Waals surface area contributed by atoms with E-state index in [-0.39, 0.29) is 11.7 Å². The lowest BCUT2D eigenvalue weighted by Gasteiger charge is -2.12. The maximum Gasteiger partial charge on any atom is 0.262 e. The van der Waals surface area contributed by atoms with Crippen LogP contribution in [0.2, 0.25) is 0 Å². The van der Waals surface area contributed by atoms with Crippen molar-refractivity contribution in [3.05, 3.63) is 71.4 Å². The van der Waals surface area contributed by atoms with Gasteiger partial charge < -0.3 is 14.8 Å². The summed E-state index contributed by atoms with van der Waals surface area (Å²) in [6, 6.07) is 17.8. The Morgan fingerprint density at radius 2 is 2.11 bits per heavy atom. The van der Waals surface area contributed by atoms with Crippen LogP contribution in [0.15, 0.2) is 60.3 Å². The highest BCUT2D eigenvalue weighted by Gasteiger charge is 2.19. The second kappa shape index (κ2) is 12.4. The number of benzene rings is 2. The van der Waals surface area contributed by atoms with E-state index in [9.17, 15) is 10.1 Å². The van der Waals surface area contributed by atoms with E-state index in [0.717, 1.165) is 41.8 Å². The molecule has 1 amide bonds. The molecule has 4 rings (SSSR count). The SMILES string of the molecule is Cc1cc(-c2nn(-c3ccccc3)cc2/C=C(\C#N)C(=O)NC[C@@H]2CCCO2)ccc1OCCC(C)C. The molecule has 37 heavy (non-hydrogen) atoms. The molecule has 0 radical (unpaired) electrons. The van der Waals surface area contributed by atoms with Crippen molar-refractivity contribution in [1.82, 2.24) is 15.1 Å². The van der Waals surface area contributed by atoms with Gasteiger partial charge in [0.25, 0.3) is 5.91 Å². The van der Waals surface area contributed by atoms with Crippen LogP contribution in [-0.4, -0.2) is 41.6 Å². The van der Waals surface area contributed by atoms with Crippen molar-refractivity contribution in [2.24, 2.45) is 5.92 Å². The number of nitriles is 1. The van der Waals surface area contributed by atoms with Crippen LogP contribution in [0.1, 0.15) is 44.2 Å². The molecule has 192 valence electrons. The van der Waals surface area contributed by atoms with Gasteiger partial charge >= 0.3 is 0 Å². The molecular formula is C30H34N4O3. The first-order valence-electron chi connectivity index (χ1n) is 12.8. The maximum absolute atomic E-state index is 12.8. The van der Waals surface area contributed by atoms with Crippen molar-refractivity contribution in [3.63, 3.8) is 0 Å². The molecule has 0 saturated carbocycles. The highest BCUT2D eigenvalue weighted by Crippen LogP contribution is 2.30. The van der Waals surface area contributed by atoms with E-state index in [1.54, 1.807) is 10.8 Å². The zero-order chi connectivity index (χ0) is 26.2. The third-order valence-electron chi connectivity index (χ3n) is 6.34. The minimum absolute atomic E-state index is 0.00420. The number of amides is 1. The third-order valence-corrected chi connectivity index (χ3v) is 6.34. The van der Waals surface area contributed by atoms with Gasteiger partial charge in [-0.3, -0.25) is 4.79 Å². The van der Waals surface area contributed by atoms with Gasteiger partial charge in [-0.25, -0.2) is 4.68 Å². The summed E-state index contributed by atoms with van der Waals surface area (Å²) in [5.74, 6) is 1.00. The Kier molecular flexibility index (Phi) is 8.76. The molecule has 1 aliphatic rings. The van der Waals surface area contributed by atoms with Crippen LogP contribution < -0.4 is 10.1 Å². The quantitative estimate of drug-likeness (QED) is 0.296. The third kappa shape index (κ3) is 6.87. The normalized spacial score (nSPS) is 15.5. The topological polar surface area (TPSA) is 89.2 Å². The molecule has 7 nitrogen and oxygen atoms in total. The molecule has 2 heterocycles. The molecule has 2 aromatic carbocycles. The van der Waals surface area contributed by atoms with E-state index in [4.69, 9.17) is 14.6 Å². The van der Waals surface area contributed by atoms with Crippen molar-refractivity contribution in [1.29, 1.82) is 5.26 Å². The summed E-state index contributed by atoms with van der Waals surface area (Å²) in [6.07, 6.45) is 6.35. The van der Waals surface area contributed by atoms with E-state index in [2.05, 4.69) is 25.2 Å². The lowest BCUT2D eigenvalue weighted by atomic mass is 10.0. The zero-order valence-corrected chi connectivity index (χ0v) is 21.7. The van der Waals surface area contributed by atoms with E-state index in [1.165, 1.54) is 0 Å². The van der Waals surface area contributed by atoms with E-state index in [0.29, 0.717) is 36.9 Å². The fourth-order valence-electron chi connectivity index (χ4n) is 4.20. The molecular weight excluding hydrogens is 464 g/mol. The summed E-state index contributed by atoms with van der Waals surface area (Å²) < 4.78 is 13.3. The summed E-state index contributed by atoms with van der Waals surface area (Å²) >= 11 is 0. The van der Waals surface area contributed by atoms with E-state index < -0.39 is 5.91 Å². The van der Waals surface area contributed by atoms with Crippen LogP contribution in [0.4, 0.5) is 0 Å². The monoisotopic (exact) mass is 498 g/mol. The van der Waals surface area contributed by atoms with Gasteiger partial charge in [-0.05, 0) is 74.1 Å². The number of nitrogens with one attached hydrogen (secondary N) is 1. The van der Waals surface area contributed by atoms with Crippen molar-refractivity contribution < 1.29 is 14.3 Å². The number of hydrogen-bond acceptors (Lipinski definition) is 5. The second-order valence-corrected chi connectivity index (χ2v) is 9.74. The molecule has 1 aliphatic heterocycles. The van der Waals surface area contributed by atoms with Gasteiger partial charge in [-0.2, -0.15) is 10.4 Å². The molecule has 0 aliphatic carbocycles. The molecule has 3 aromatic rings. The number of ether oxygens (including phenoxy) is 2. The van der Waals surface area contributed by atoms with Crippen LogP contribution >= 0.6 is 0 Å². The Labute approximate surface area is 218 Å². The van der Waals surface area contributed by atoms with Crippen LogP contribution in [-0.2, 0) is 9.53 Å². The summed E-state index contributed by atoms with van der Waals surface area (Å²) in [7, 11) is 0. The smallest absolute Gasteiger partial charge is 0.262 e. The Morgan fingerprint density at radius 1 is 1.30 bits per heavy atom. The average Bonchev–Trinajstić information content (AvgIpc) is 3.57. The Bertz CT molecular complexity index is 1280. The highest BCUT2D eigenvalue weighted by atomic mass is 16.5. The predicted octanol–water partition coefficient (Wildman–Crippen LogP) is 5.47. The number of carbonyl (C=O) groups is 1. The Balaban J connectivity index is 1.64. The van der Waals surface area contributed by atoms with Gasteiger partial charge in [0.1, 0.15) is 23.1 Å². The fraction of sp³-hybridized carbons (Fsp3) is 0.367. The largest absolute Gasteiger partial charge is 0.493 e. The summed E-state index contributed by atoms with van der Waals surface area (Å²) in [4.78, 5) is 12.8. The lowest BCUT2D eigenvalue weighted by Crippen LogP contribution is -2.32. The molecule has 1 saturated heterocycles. The molecule has 0 unspecified atom stereocenters. The van der Waals surface area contributed by atoms with Crippen molar-refractivity contribution in [3.8, 4) is 28.8 Å². The minimum Gasteiger partial charge on any atom is -0.493 e. The molecule has 1 fully saturated rings. The highest BCUT2D eigenvalue weighted by molar-refractivity contribution is 6.02.